The van der Waals surface area contributed by atoms with Crippen LogP contribution in [0.15, 0.2) is 0 Å². The molecule has 2 fully saturated rings. The second kappa shape index (κ2) is 7.07. The fourth-order valence-electron chi connectivity index (χ4n) is 3.35. The molecule has 2 aliphatic rings. The van der Waals surface area contributed by atoms with Crippen molar-refractivity contribution in [1.82, 2.24) is 9.03 Å². The van der Waals surface area contributed by atoms with Crippen molar-refractivity contribution in [2.75, 3.05) is 13.1 Å². The van der Waals surface area contributed by atoms with E-state index >= 15 is 0 Å². The van der Waals surface area contributed by atoms with Gasteiger partial charge < -0.3 is 5.11 Å². The number of hydrogen-bond donors (Lipinski definition) is 2. The predicted octanol–water partition coefficient (Wildman–Crippen LogP) is 1.59. The van der Waals surface area contributed by atoms with Gasteiger partial charge in [-0.1, -0.05) is 6.42 Å². The highest BCUT2D eigenvalue weighted by Crippen LogP contribution is 2.29. The average Bonchev–Trinajstić information content (AvgIpc) is 2.46. The van der Waals surface area contributed by atoms with Crippen LogP contribution < -0.4 is 4.72 Å². The van der Waals surface area contributed by atoms with Gasteiger partial charge in [-0.15, -0.1) is 0 Å². The molecule has 0 aromatic heterocycles. The van der Waals surface area contributed by atoms with Gasteiger partial charge in [-0.2, -0.15) is 12.7 Å². The molecule has 1 saturated heterocycles. The Morgan fingerprint density at radius 3 is 2.43 bits per heavy atom. The minimum Gasteiger partial charge on any atom is -0.481 e. The number of carboxylic acid groups (broad SMARTS) is 1. The summed E-state index contributed by atoms with van der Waals surface area (Å²) < 4.78 is 29.0. The summed E-state index contributed by atoms with van der Waals surface area (Å²) in [4.78, 5) is 10.9. The molecule has 1 saturated carbocycles. The molecule has 21 heavy (non-hydrogen) atoms. The van der Waals surface area contributed by atoms with Crippen LogP contribution in [0.5, 0.6) is 0 Å². The zero-order chi connectivity index (χ0) is 15.5. The van der Waals surface area contributed by atoms with Gasteiger partial charge in [0.1, 0.15) is 0 Å². The van der Waals surface area contributed by atoms with Gasteiger partial charge in [0.25, 0.3) is 10.2 Å². The van der Waals surface area contributed by atoms with Gasteiger partial charge in [0.2, 0.25) is 0 Å². The van der Waals surface area contributed by atoms with E-state index in [-0.39, 0.29) is 17.9 Å². The van der Waals surface area contributed by atoms with Crippen LogP contribution in [0, 0.1) is 11.8 Å². The van der Waals surface area contributed by atoms with E-state index in [1.54, 1.807) is 4.31 Å². The zero-order valence-electron chi connectivity index (χ0n) is 12.6. The second-order valence-corrected chi connectivity index (χ2v) is 8.07. The lowest BCUT2D eigenvalue weighted by molar-refractivity contribution is -0.143. The van der Waals surface area contributed by atoms with Crippen LogP contribution in [0.4, 0.5) is 0 Å². The molecule has 1 atom stereocenters. The van der Waals surface area contributed by atoms with Gasteiger partial charge in [0, 0.05) is 19.1 Å². The van der Waals surface area contributed by atoms with Crippen LogP contribution in [0.1, 0.15) is 51.9 Å². The van der Waals surface area contributed by atoms with Crippen LogP contribution >= 0.6 is 0 Å². The molecule has 0 amide bonds. The van der Waals surface area contributed by atoms with Crippen molar-refractivity contribution < 1.29 is 18.3 Å². The number of piperidine rings is 1. The lowest BCUT2D eigenvalue weighted by Gasteiger charge is -2.33. The Bertz CT molecular complexity index is 458. The first kappa shape index (κ1) is 16.7. The lowest BCUT2D eigenvalue weighted by Crippen LogP contribution is -2.49. The van der Waals surface area contributed by atoms with E-state index in [1.807, 2.05) is 6.92 Å². The molecule has 0 bridgehead atoms. The maximum atomic E-state index is 12.3. The molecule has 1 aliphatic carbocycles. The minimum atomic E-state index is -3.39. The highest BCUT2D eigenvalue weighted by Gasteiger charge is 2.31. The molecule has 0 spiro atoms. The second-order valence-electron chi connectivity index (χ2n) is 6.36. The Hall–Kier alpha value is -0.660. The van der Waals surface area contributed by atoms with Crippen molar-refractivity contribution in [3.05, 3.63) is 0 Å². The van der Waals surface area contributed by atoms with Crippen molar-refractivity contribution in [3.8, 4) is 0 Å². The van der Waals surface area contributed by atoms with Gasteiger partial charge in [-0.25, -0.2) is 4.72 Å². The summed E-state index contributed by atoms with van der Waals surface area (Å²) in [5, 5.41) is 8.96. The van der Waals surface area contributed by atoms with Gasteiger partial charge in [-0.3, -0.25) is 4.79 Å². The topological polar surface area (TPSA) is 86.7 Å². The molecule has 122 valence electrons. The number of aliphatic carboxylic acids is 1. The summed E-state index contributed by atoms with van der Waals surface area (Å²) in [7, 11) is -3.39. The fraction of sp³-hybridized carbons (Fsp3) is 0.929. The van der Waals surface area contributed by atoms with Crippen LogP contribution in [-0.4, -0.2) is 42.9 Å². The van der Waals surface area contributed by atoms with Gasteiger partial charge in [-0.05, 0) is 51.4 Å². The van der Waals surface area contributed by atoms with Crippen molar-refractivity contribution in [1.29, 1.82) is 0 Å². The normalized spacial score (nSPS) is 32.0. The first-order valence-electron chi connectivity index (χ1n) is 7.89. The average molecular weight is 318 g/mol. The third kappa shape index (κ3) is 4.40. The number of carboxylic acids is 1. The van der Waals surface area contributed by atoms with E-state index in [0.717, 1.165) is 32.1 Å². The number of nitrogens with one attached hydrogen (secondary N) is 1. The van der Waals surface area contributed by atoms with Crippen LogP contribution in [0.3, 0.4) is 0 Å². The number of carbonyl (C=O) groups is 1. The molecule has 6 nitrogen and oxygen atoms in total. The van der Waals surface area contributed by atoms with E-state index in [4.69, 9.17) is 5.11 Å². The van der Waals surface area contributed by atoms with Crippen LogP contribution in [0.2, 0.25) is 0 Å². The first-order chi connectivity index (χ1) is 9.90. The third-order valence-corrected chi connectivity index (χ3v) is 6.49. The Morgan fingerprint density at radius 2 is 1.86 bits per heavy atom. The Kier molecular flexibility index (Phi) is 5.62. The van der Waals surface area contributed by atoms with E-state index in [9.17, 15) is 13.2 Å². The summed E-state index contributed by atoms with van der Waals surface area (Å²) >= 11 is 0. The quantitative estimate of drug-likeness (QED) is 0.806. The molecular weight excluding hydrogens is 292 g/mol. The van der Waals surface area contributed by atoms with E-state index < -0.39 is 16.2 Å². The molecule has 0 aromatic rings. The molecule has 1 heterocycles. The van der Waals surface area contributed by atoms with Crippen LogP contribution in [-0.2, 0) is 15.0 Å². The summed E-state index contributed by atoms with van der Waals surface area (Å²) in [6, 6.07) is 0.0685. The van der Waals surface area contributed by atoms with Crippen molar-refractivity contribution >= 4 is 16.2 Å². The molecular formula is C14H26N2O4S. The third-order valence-electron chi connectivity index (χ3n) is 4.80. The standard InChI is InChI=1S/C14H26N2O4S/c1-11-4-2-3-9-16(11)21(19,20)15-10-12-5-7-13(8-6-12)14(17)18/h11-13,15H,2-10H2,1H3,(H,17,18). The minimum absolute atomic E-state index is 0.0685. The van der Waals surface area contributed by atoms with E-state index in [1.165, 1.54) is 0 Å². The number of nitrogens with zero attached hydrogens (tertiary/aromatic N) is 1. The maximum absolute atomic E-state index is 12.3. The molecule has 7 heteroatoms. The molecule has 1 unspecified atom stereocenters. The Labute approximate surface area is 127 Å². The molecule has 2 rings (SSSR count). The van der Waals surface area contributed by atoms with Crippen LogP contribution in [0.25, 0.3) is 0 Å². The van der Waals surface area contributed by atoms with Crippen molar-refractivity contribution in [3.63, 3.8) is 0 Å². The highest BCUT2D eigenvalue weighted by molar-refractivity contribution is 7.87. The fourth-order valence-corrected chi connectivity index (χ4v) is 4.91. The predicted molar refractivity (Wildman–Crippen MR) is 80.0 cm³/mol. The number of rotatable bonds is 5. The molecule has 2 N–H and O–H groups in total. The van der Waals surface area contributed by atoms with Gasteiger partial charge in [0.05, 0.1) is 5.92 Å². The maximum Gasteiger partial charge on any atom is 0.306 e. The molecule has 0 radical (unpaired) electrons. The largest absolute Gasteiger partial charge is 0.481 e. The Balaban J connectivity index is 1.81. The number of hydrogen-bond acceptors (Lipinski definition) is 3. The lowest BCUT2D eigenvalue weighted by atomic mass is 9.82. The monoisotopic (exact) mass is 318 g/mol. The molecule has 1 aliphatic heterocycles. The van der Waals surface area contributed by atoms with Crippen molar-refractivity contribution in [2.45, 2.75) is 57.9 Å². The van der Waals surface area contributed by atoms with E-state index in [0.29, 0.717) is 25.9 Å². The Morgan fingerprint density at radius 1 is 1.19 bits per heavy atom. The summed E-state index contributed by atoms with van der Waals surface area (Å²) in [5.74, 6) is -0.716. The molecule has 0 aromatic carbocycles. The summed E-state index contributed by atoms with van der Waals surface area (Å²) in [6.07, 6.45) is 5.82. The summed E-state index contributed by atoms with van der Waals surface area (Å²) in [6.45, 7) is 2.98. The van der Waals surface area contributed by atoms with Gasteiger partial charge >= 0.3 is 5.97 Å². The first-order valence-corrected chi connectivity index (χ1v) is 9.33. The highest BCUT2D eigenvalue weighted by atomic mass is 32.2. The summed E-state index contributed by atoms with van der Waals surface area (Å²) in [5.41, 5.74) is 0. The zero-order valence-corrected chi connectivity index (χ0v) is 13.4. The SMILES string of the molecule is CC1CCCCN1S(=O)(=O)NCC1CCC(C(=O)O)CC1. The van der Waals surface area contributed by atoms with Crippen molar-refractivity contribution in [2.24, 2.45) is 11.8 Å². The van der Waals surface area contributed by atoms with E-state index in [2.05, 4.69) is 4.72 Å². The smallest absolute Gasteiger partial charge is 0.306 e. The van der Waals surface area contributed by atoms with Gasteiger partial charge in [0.15, 0.2) is 0 Å².